The van der Waals surface area contributed by atoms with Gasteiger partial charge in [0.15, 0.2) is 5.75 Å². The van der Waals surface area contributed by atoms with Crippen LogP contribution in [0.3, 0.4) is 0 Å². The van der Waals surface area contributed by atoms with E-state index < -0.39 is 0 Å². The molecule has 0 fully saturated rings. The predicted molar refractivity (Wildman–Crippen MR) is 103 cm³/mol. The Morgan fingerprint density at radius 3 is 2.81 bits per heavy atom. The fourth-order valence-corrected chi connectivity index (χ4v) is 4.01. The lowest BCUT2D eigenvalue weighted by Crippen LogP contribution is -2.39. The van der Waals surface area contributed by atoms with Crippen molar-refractivity contribution in [2.45, 2.75) is 19.4 Å². The van der Waals surface area contributed by atoms with E-state index in [0.717, 1.165) is 33.1 Å². The number of aromatic amines is 1. The van der Waals surface area contributed by atoms with Crippen LogP contribution in [0.1, 0.15) is 34.8 Å². The number of H-pyrrole nitrogens is 1. The summed E-state index contributed by atoms with van der Waals surface area (Å²) in [5, 5.41) is 1.69. The predicted octanol–water partition coefficient (Wildman–Crippen LogP) is 4.14. The summed E-state index contributed by atoms with van der Waals surface area (Å²) in [5.41, 5.74) is 3.11. The number of fused-ring (bicyclic) bond motifs is 3. The summed E-state index contributed by atoms with van der Waals surface area (Å²) in [4.78, 5) is 26.4. The lowest BCUT2D eigenvalue weighted by molar-refractivity contribution is 0.0665. The van der Waals surface area contributed by atoms with Gasteiger partial charge in [0, 0.05) is 34.1 Å². The Morgan fingerprint density at radius 1 is 1.38 bits per heavy atom. The van der Waals surface area contributed by atoms with Gasteiger partial charge < -0.3 is 14.6 Å². The van der Waals surface area contributed by atoms with Crippen molar-refractivity contribution in [3.8, 4) is 5.75 Å². The number of rotatable bonds is 2. The third kappa shape index (κ3) is 2.66. The SMILES string of the molecule is COc1cnc(C(=O)N2CCc3[nH]c4c(Cl)c(Br)ccc4c3C2C)nc1. The van der Waals surface area contributed by atoms with Crippen molar-refractivity contribution in [1.82, 2.24) is 19.9 Å². The van der Waals surface area contributed by atoms with E-state index in [1.54, 1.807) is 4.90 Å². The lowest BCUT2D eigenvalue weighted by Gasteiger charge is -2.33. The molecule has 1 aliphatic heterocycles. The van der Waals surface area contributed by atoms with Gasteiger partial charge in [-0.05, 0) is 28.9 Å². The fourth-order valence-electron chi connectivity index (χ4n) is 3.47. The minimum absolute atomic E-state index is 0.108. The molecular formula is C18H16BrClN4O2. The standard InChI is InChI=1S/C18H16BrClN4O2/c1-9-14-11-3-4-12(19)15(20)16(11)23-13(14)5-6-24(9)18(25)17-21-7-10(26-2)8-22-17/h3-4,7-9,23H,5-6H2,1-2H3. The lowest BCUT2D eigenvalue weighted by atomic mass is 9.97. The van der Waals surface area contributed by atoms with E-state index in [2.05, 4.69) is 30.9 Å². The van der Waals surface area contributed by atoms with Crippen LogP contribution in [0.4, 0.5) is 0 Å². The number of nitrogens with zero attached hydrogens (tertiary/aromatic N) is 3. The van der Waals surface area contributed by atoms with Crippen molar-refractivity contribution >= 4 is 44.3 Å². The van der Waals surface area contributed by atoms with Gasteiger partial charge in [0.1, 0.15) is 0 Å². The Bertz CT molecular complexity index is 1000. The van der Waals surface area contributed by atoms with Crippen molar-refractivity contribution < 1.29 is 9.53 Å². The van der Waals surface area contributed by atoms with E-state index in [-0.39, 0.29) is 17.8 Å². The average molecular weight is 436 g/mol. The number of ether oxygens (including phenoxy) is 1. The Kier molecular flexibility index (Phi) is 4.36. The molecule has 4 rings (SSSR count). The largest absolute Gasteiger partial charge is 0.494 e. The van der Waals surface area contributed by atoms with Crippen LogP contribution in [0.5, 0.6) is 5.75 Å². The number of amides is 1. The van der Waals surface area contributed by atoms with Crippen molar-refractivity contribution in [1.29, 1.82) is 0 Å². The molecule has 1 unspecified atom stereocenters. The molecule has 8 heteroatoms. The van der Waals surface area contributed by atoms with Crippen LogP contribution in [-0.2, 0) is 6.42 Å². The first-order valence-corrected chi connectivity index (χ1v) is 9.33. The molecule has 1 amide bonds. The number of carbonyl (C=O) groups excluding carboxylic acids is 1. The molecule has 1 aromatic carbocycles. The number of hydrogen-bond acceptors (Lipinski definition) is 4. The zero-order valence-corrected chi connectivity index (χ0v) is 16.6. The molecule has 1 aliphatic rings. The molecule has 0 spiro atoms. The molecule has 1 atom stereocenters. The van der Waals surface area contributed by atoms with E-state index >= 15 is 0 Å². The molecule has 0 saturated carbocycles. The van der Waals surface area contributed by atoms with Gasteiger partial charge in [-0.1, -0.05) is 17.7 Å². The Labute approximate surface area is 163 Å². The maximum atomic E-state index is 12.9. The minimum atomic E-state index is -0.191. The second-order valence-corrected chi connectivity index (χ2v) is 7.40. The Hall–Kier alpha value is -2.12. The molecule has 3 aromatic rings. The van der Waals surface area contributed by atoms with Gasteiger partial charge in [0.05, 0.1) is 36.1 Å². The second kappa shape index (κ2) is 6.55. The highest BCUT2D eigenvalue weighted by molar-refractivity contribution is 9.10. The highest BCUT2D eigenvalue weighted by Crippen LogP contribution is 2.40. The number of hydrogen-bond donors (Lipinski definition) is 1. The highest BCUT2D eigenvalue weighted by atomic mass is 79.9. The first kappa shape index (κ1) is 17.3. The molecule has 26 heavy (non-hydrogen) atoms. The molecule has 3 heterocycles. The van der Waals surface area contributed by atoms with E-state index in [0.29, 0.717) is 17.3 Å². The first-order chi connectivity index (χ1) is 12.5. The van der Waals surface area contributed by atoms with Gasteiger partial charge >= 0.3 is 0 Å². The van der Waals surface area contributed by atoms with Gasteiger partial charge in [-0.25, -0.2) is 9.97 Å². The number of nitrogens with one attached hydrogen (secondary N) is 1. The molecule has 0 saturated heterocycles. The summed E-state index contributed by atoms with van der Waals surface area (Å²) >= 11 is 9.89. The summed E-state index contributed by atoms with van der Waals surface area (Å²) in [7, 11) is 1.54. The summed E-state index contributed by atoms with van der Waals surface area (Å²) in [6.07, 6.45) is 3.73. The zero-order chi connectivity index (χ0) is 18.4. The third-order valence-electron chi connectivity index (χ3n) is 4.79. The van der Waals surface area contributed by atoms with Gasteiger partial charge in [0.25, 0.3) is 5.91 Å². The van der Waals surface area contributed by atoms with E-state index in [1.165, 1.54) is 19.5 Å². The van der Waals surface area contributed by atoms with Crippen LogP contribution in [0.15, 0.2) is 29.0 Å². The fraction of sp³-hybridized carbons (Fsp3) is 0.278. The van der Waals surface area contributed by atoms with Crippen LogP contribution in [-0.4, -0.2) is 39.4 Å². The molecular weight excluding hydrogens is 420 g/mol. The number of carbonyl (C=O) groups is 1. The van der Waals surface area contributed by atoms with Crippen molar-refractivity contribution in [3.05, 3.63) is 51.1 Å². The minimum Gasteiger partial charge on any atom is -0.494 e. The van der Waals surface area contributed by atoms with E-state index in [1.807, 2.05) is 19.1 Å². The van der Waals surface area contributed by atoms with Gasteiger partial charge in [-0.3, -0.25) is 4.79 Å². The van der Waals surface area contributed by atoms with Crippen LogP contribution in [0.2, 0.25) is 5.02 Å². The number of benzene rings is 1. The average Bonchev–Trinajstić information content (AvgIpc) is 3.05. The van der Waals surface area contributed by atoms with Gasteiger partial charge in [-0.15, -0.1) is 0 Å². The Morgan fingerprint density at radius 2 is 2.12 bits per heavy atom. The summed E-state index contributed by atoms with van der Waals surface area (Å²) in [6.45, 7) is 2.61. The van der Waals surface area contributed by atoms with Crippen LogP contribution in [0.25, 0.3) is 10.9 Å². The van der Waals surface area contributed by atoms with E-state index in [4.69, 9.17) is 16.3 Å². The topological polar surface area (TPSA) is 71.1 Å². The van der Waals surface area contributed by atoms with Gasteiger partial charge in [0.2, 0.25) is 5.82 Å². The molecule has 2 aromatic heterocycles. The summed E-state index contributed by atoms with van der Waals surface area (Å²) in [6, 6.07) is 3.84. The van der Waals surface area contributed by atoms with Crippen molar-refractivity contribution in [2.75, 3.05) is 13.7 Å². The number of methoxy groups -OCH3 is 1. The molecule has 6 nitrogen and oxygen atoms in total. The van der Waals surface area contributed by atoms with Crippen LogP contribution >= 0.6 is 27.5 Å². The monoisotopic (exact) mass is 434 g/mol. The molecule has 0 bridgehead atoms. The Balaban J connectivity index is 1.72. The van der Waals surface area contributed by atoms with Crippen LogP contribution < -0.4 is 4.74 Å². The normalized spacial score (nSPS) is 16.6. The third-order valence-corrected chi connectivity index (χ3v) is 6.07. The summed E-state index contributed by atoms with van der Waals surface area (Å²) in [5.74, 6) is 0.498. The molecule has 1 N–H and O–H groups in total. The molecule has 134 valence electrons. The molecule has 0 radical (unpaired) electrons. The smallest absolute Gasteiger partial charge is 0.292 e. The maximum Gasteiger partial charge on any atom is 0.292 e. The highest BCUT2D eigenvalue weighted by Gasteiger charge is 2.32. The van der Waals surface area contributed by atoms with Crippen molar-refractivity contribution in [2.24, 2.45) is 0 Å². The summed E-state index contributed by atoms with van der Waals surface area (Å²) < 4.78 is 5.90. The van der Waals surface area contributed by atoms with E-state index in [9.17, 15) is 4.79 Å². The van der Waals surface area contributed by atoms with Crippen LogP contribution in [0, 0.1) is 0 Å². The zero-order valence-electron chi connectivity index (χ0n) is 14.2. The maximum absolute atomic E-state index is 12.9. The number of halogens is 2. The quantitative estimate of drug-likeness (QED) is 0.657. The number of aromatic nitrogens is 3. The van der Waals surface area contributed by atoms with Crippen molar-refractivity contribution in [3.63, 3.8) is 0 Å². The van der Waals surface area contributed by atoms with Gasteiger partial charge in [-0.2, -0.15) is 0 Å². The first-order valence-electron chi connectivity index (χ1n) is 8.16. The second-order valence-electron chi connectivity index (χ2n) is 6.17. The molecule has 0 aliphatic carbocycles.